The van der Waals surface area contributed by atoms with E-state index in [9.17, 15) is 0 Å². The first-order valence-corrected chi connectivity index (χ1v) is 20.0. The second-order valence-electron chi connectivity index (χ2n) is 14.0. The smallest absolute Gasteiger partial charge is 0.247 e. The van der Waals surface area contributed by atoms with Crippen molar-refractivity contribution in [3.8, 4) is 5.69 Å². The van der Waals surface area contributed by atoms with Crippen LogP contribution in [0.1, 0.15) is 218 Å². The highest BCUT2D eigenvalue weighted by Crippen LogP contribution is 2.27. The maximum atomic E-state index is 3.67. The Bertz CT molecular complexity index is 840. The Kier molecular flexibility index (Phi) is 25.3. The molecule has 0 bridgehead atoms. The number of aromatic nitrogens is 2. The Hall–Kier alpha value is -1.57. The molecule has 1 N–H and O–H groups in total. The molecule has 252 valence electrons. The van der Waals surface area contributed by atoms with E-state index in [0.29, 0.717) is 5.92 Å². The van der Waals surface area contributed by atoms with Crippen LogP contribution < -0.4 is 4.57 Å². The molecular weight excluding hydrogens is 532 g/mol. The molecule has 0 aliphatic heterocycles. The van der Waals surface area contributed by atoms with E-state index >= 15 is 0 Å². The molecule has 0 saturated heterocycles. The minimum absolute atomic E-state index is 0.639. The van der Waals surface area contributed by atoms with Crippen LogP contribution in [0.4, 0.5) is 0 Å². The first kappa shape index (κ1) is 38.6. The van der Waals surface area contributed by atoms with Crippen molar-refractivity contribution in [3.63, 3.8) is 0 Å². The third kappa shape index (κ3) is 19.7. The van der Waals surface area contributed by atoms with Gasteiger partial charge in [0.25, 0.3) is 5.82 Å². The summed E-state index contributed by atoms with van der Waals surface area (Å²) in [5.74, 6) is 2.06. The molecule has 1 aromatic heterocycles. The van der Waals surface area contributed by atoms with Crippen molar-refractivity contribution in [2.24, 2.45) is 0 Å². The van der Waals surface area contributed by atoms with Gasteiger partial charge in [0.15, 0.2) is 0 Å². The largest absolute Gasteiger partial charge is 0.262 e. The molecule has 0 unspecified atom stereocenters. The van der Waals surface area contributed by atoms with E-state index in [1.54, 1.807) is 0 Å². The molecule has 0 aliphatic carbocycles. The van der Waals surface area contributed by atoms with Gasteiger partial charge in [-0.1, -0.05) is 212 Å². The number of H-pyrrole nitrogens is 1. The van der Waals surface area contributed by atoms with Crippen molar-refractivity contribution in [2.75, 3.05) is 0 Å². The number of benzene rings is 1. The Morgan fingerprint density at radius 1 is 0.455 bits per heavy atom. The lowest BCUT2D eigenvalue weighted by molar-refractivity contribution is -0.604. The molecule has 0 aliphatic rings. The van der Waals surface area contributed by atoms with Crippen LogP contribution in [0.15, 0.2) is 42.7 Å². The molecule has 2 nitrogen and oxygen atoms in total. The fourth-order valence-corrected chi connectivity index (χ4v) is 7.06. The number of aromatic amines is 1. The van der Waals surface area contributed by atoms with Crippen molar-refractivity contribution in [3.05, 3.63) is 48.5 Å². The van der Waals surface area contributed by atoms with E-state index in [1.165, 1.54) is 204 Å². The summed E-state index contributed by atoms with van der Waals surface area (Å²) >= 11 is 0. The van der Waals surface area contributed by atoms with Gasteiger partial charge in [0.05, 0.1) is 5.92 Å². The minimum atomic E-state index is 0.639. The van der Waals surface area contributed by atoms with Gasteiger partial charge in [-0.15, -0.1) is 0 Å². The molecule has 1 atom stereocenters. The average molecular weight is 608 g/mol. The number of nitrogens with one attached hydrogen (secondary N) is 1. The zero-order valence-electron chi connectivity index (χ0n) is 29.8. The Morgan fingerprint density at radius 2 is 0.795 bits per heavy atom. The number of hydrogen-bond acceptors (Lipinski definition) is 0. The highest BCUT2D eigenvalue weighted by Gasteiger charge is 2.23. The minimum Gasteiger partial charge on any atom is -0.247 e. The van der Waals surface area contributed by atoms with E-state index in [0.717, 1.165) is 0 Å². The van der Waals surface area contributed by atoms with Gasteiger partial charge in [-0.05, 0) is 25.0 Å². The molecule has 44 heavy (non-hydrogen) atoms. The predicted octanol–water partition coefficient (Wildman–Crippen LogP) is 14.1. The summed E-state index contributed by atoms with van der Waals surface area (Å²) in [6.07, 6.45) is 47.2. The fourth-order valence-electron chi connectivity index (χ4n) is 7.06. The van der Waals surface area contributed by atoms with Crippen LogP contribution in [0.2, 0.25) is 0 Å². The van der Waals surface area contributed by atoms with Crippen molar-refractivity contribution in [1.29, 1.82) is 0 Å². The highest BCUT2D eigenvalue weighted by molar-refractivity contribution is 5.22. The molecule has 1 heterocycles. The number of rotatable bonds is 32. The normalized spacial score (nSPS) is 12.2. The standard InChI is InChI=1S/C42H74N2/c1-3-5-7-9-11-13-15-17-18-20-22-24-26-28-31-35-40(42-43-38-39-44(42)41-36-32-29-33-37-41)34-30-27-25-23-21-19-16-14-12-10-8-6-4-2/h29,32-33,36-40H,3-28,30-31,34-35H2,1-2H3/p+1/t40-/m0/s1. The number of imidazole rings is 1. The Balaban J connectivity index is 1.60. The number of nitrogens with zero attached hydrogens (tertiary/aromatic N) is 1. The summed E-state index contributed by atoms with van der Waals surface area (Å²) in [7, 11) is 0. The maximum absolute atomic E-state index is 3.67. The van der Waals surface area contributed by atoms with E-state index in [-0.39, 0.29) is 0 Å². The average Bonchev–Trinajstić information content (AvgIpc) is 3.54. The van der Waals surface area contributed by atoms with Gasteiger partial charge in [0.2, 0.25) is 0 Å². The van der Waals surface area contributed by atoms with E-state index in [4.69, 9.17) is 0 Å². The van der Waals surface area contributed by atoms with Crippen LogP contribution >= 0.6 is 0 Å². The van der Waals surface area contributed by atoms with Crippen LogP contribution in [0.5, 0.6) is 0 Å². The molecule has 1 aromatic carbocycles. The molecule has 2 heteroatoms. The second-order valence-corrected chi connectivity index (χ2v) is 14.0. The lowest BCUT2D eigenvalue weighted by Gasteiger charge is -2.14. The van der Waals surface area contributed by atoms with Crippen LogP contribution in [0, 0.1) is 0 Å². The SMILES string of the molecule is CCCCCCCCCCCCCCCCC[C@H](CCCCCCCCCCCCCCC)c1[nH]cc[n+]1-c1ccccc1. The van der Waals surface area contributed by atoms with Gasteiger partial charge in [0, 0.05) is 0 Å². The summed E-state index contributed by atoms with van der Waals surface area (Å²) in [6.45, 7) is 4.62. The van der Waals surface area contributed by atoms with Crippen LogP contribution in [0.25, 0.3) is 5.69 Å². The first-order valence-electron chi connectivity index (χ1n) is 20.0. The molecule has 0 radical (unpaired) electrons. The van der Waals surface area contributed by atoms with Gasteiger partial charge in [-0.25, -0.2) is 4.98 Å². The second kappa shape index (κ2) is 28.9. The van der Waals surface area contributed by atoms with Crippen molar-refractivity contribution >= 4 is 0 Å². The predicted molar refractivity (Wildman–Crippen MR) is 195 cm³/mol. The van der Waals surface area contributed by atoms with Gasteiger partial charge >= 0.3 is 0 Å². The topological polar surface area (TPSA) is 19.7 Å². The van der Waals surface area contributed by atoms with E-state index in [1.807, 2.05) is 0 Å². The molecular formula is C42H75N2+. The monoisotopic (exact) mass is 608 g/mol. The Labute approximate surface area is 275 Å². The first-order chi connectivity index (χ1) is 21.9. The fraction of sp³-hybridized carbons (Fsp3) is 0.786. The molecule has 0 saturated carbocycles. The highest BCUT2D eigenvalue weighted by atomic mass is 15.1. The van der Waals surface area contributed by atoms with Crippen LogP contribution in [-0.2, 0) is 0 Å². The van der Waals surface area contributed by atoms with Crippen LogP contribution in [-0.4, -0.2) is 4.98 Å². The van der Waals surface area contributed by atoms with E-state index < -0.39 is 0 Å². The summed E-state index contributed by atoms with van der Waals surface area (Å²) in [6, 6.07) is 10.9. The maximum Gasteiger partial charge on any atom is 0.262 e. The quantitative estimate of drug-likeness (QED) is 0.0630. The van der Waals surface area contributed by atoms with Crippen LogP contribution in [0.3, 0.4) is 0 Å². The third-order valence-corrected chi connectivity index (χ3v) is 9.95. The van der Waals surface area contributed by atoms with Crippen molar-refractivity contribution in [1.82, 2.24) is 4.98 Å². The molecule has 0 amide bonds. The van der Waals surface area contributed by atoms with Gasteiger partial charge in [-0.2, -0.15) is 4.57 Å². The number of hydrogen-bond donors (Lipinski definition) is 1. The van der Waals surface area contributed by atoms with Gasteiger partial charge in [-0.3, -0.25) is 0 Å². The Morgan fingerprint density at radius 3 is 1.16 bits per heavy atom. The zero-order chi connectivity index (χ0) is 31.2. The lowest BCUT2D eigenvalue weighted by Crippen LogP contribution is -2.34. The summed E-state index contributed by atoms with van der Waals surface area (Å²) in [4.78, 5) is 3.67. The van der Waals surface area contributed by atoms with Crippen molar-refractivity contribution in [2.45, 2.75) is 212 Å². The van der Waals surface area contributed by atoms with Crippen molar-refractivity contribution < 1.29 is 4.57 Å². The molecule has 0 fully saturated rings. The summed E-state index contributed by atoms with van der Waals surface area (Å²) in [5.41, 5.74) is 1.29. The zero-order valence-corrected chi connectivity index (χ0v) is 29.8. The third-order valence-electron chi connectivity index (χ3n) is 9.95. The van der Waals surface area contributed by atoms with E-state index in [2.05, 4.69) is 66.1 Å². The lowest BCUT2D eigenvalue weighted by atomic mass is 9.93. The summed E-state index contributed by atoms with van der Waals surface area (Å²) in [5, 5.41) is 0. The molecule has 2 aromatic rings. The van der Waals surface area contributed by atoms with Gasteiger partial charge in [0.1, 0.15) is 18.1 Å². The summed E-state index contributed by atoms with van der Waals surface area (Å²) < 4.78 is 2.41. The number of para-hydroxylation sites is 1. The molecule has 2 rings (SSSR count). The number of unbranched alkanes of at least 4 members (excludes halogenated alkanes) is 26. The molecule has 0 spiro atoms. The van der Waals surface area contributed by atoms with Gasteiger partial charge < -0.3 is 0 Å².